The number of fused-ring (bicyclic) bond motifs is 1. The van der Waals surface area contributed by atoms with Crippen molar-refractivity contribution in [3.05, 3.63) is 12.1 Å². The molecule has 2 aliphatic rings. The number of likely N-dealkylation sites (tertiary alicyclic amines) is 1. The van der Waals surface area contributed by atoms with Gasteiger partial charge in [0.25, 0.3) is 0 Å². The van der Waals surface area contributed by atoms with Crippen LogP contribution in [0, 0.1) is 0 Å². The summed E-state index contributed by atoms with van der Waals surface area (Å²) in [5.41, 5.74) is 0.772. The van der Waals surface area contributed by atoms with E-state index in [0.717, 1.165) is 82.0 Å². The van der Waals surface area contributed by atoms with Crippen LogP contribution in [0.3, 0.4) is 0 Å². The monoisotopic (exact) mass is 458 g/mol. The highest BCUT2D eigenvalue weighted by atomic mass is 16.5. The molecule has 0 bridgehead atoms. The number of carbonyl (C=O) groups is 1. The van der Waals surface area contributed by atoms with Crippen molar-refractivity contribution in [2.75, 3.05) is 83.9 Å². The van der Waals surface area contributed by atoms with Crippen LogP contribution in [0.15, 0.2) is 12.1 Å². The number of hydrogen-bond donors (Lipinski definition) is 2. The lowest BCUT2D eigenvalue weighted by Gasteiger charge is -2.26. The molecular formula is C23H34N6O4. The standard InChI is InChI=1S/C23H34N6O4/c1-31-19-15-17-18(16-20(19)32-2)26-23(25-6-4-9-29-8-3-5-21(29)30)27-22(17)24-7-10-28-11-13-33-14-12-28/h15-16H,3-14H2,1-2H3,(H2,24,25,26,27). The number of methoxy groups -OCH3 is 2. The Balaban J connectivity index is 1.46. The zero-order valence-electron chi connectivity index (χ0n) is 19.6. The topological polar surface area (TPSA) is 101 Å². The molecule has 2 saturated heterocycles. The maximum atomic E-state index is 11.8. The van der Waals surface area contributed by atoms with Crippen LogP contribution in [-0.2, 0) is 9.53 Å². The Kier molecular flexibility index (Phi) is 8.01. The Morgan fingerprint density at radius 3 is 2.52 bits per heavy atom. The van der Waals surface area contributed by atoms with E-state index in [1.807, 2.05) is 17.0 Å². The summed E-state index contributed by atoms with van der Waals surface area (Å²) in [6, 6.07) is 3.78. The van der Waals surface area contributed by atoms with Crippen LogP contribution in [0.25, 0.3) is 10.9 Å². The smallest absolute Gasteiger partial charge is 0.225 e. The Bertz CT molecular complexity index is 950. The second-order valence-electron chi connectivity index (χ2n) is 8.27. The van der Waals surface area contributed by atoms with Crippen LogP contribution in [-0.4, -0.2) is 98.9 Å². The number of nitrogens with one attached hydrogen (secondary N) is 2. The summed E-state index contributed by atoms with van der Waals surface area (Å²) >= 11 is 0. The van der Waals surface area contributed by atoms with Gasteiger partial charge in [-0.2, -0.15) is 4.98 Å². The van der Waals surface area contributed by atoms with Crippen molar-refractivity contribution in [3.63, 3.8) is 0 Å². The predicted octanol–water partition coefficient (Wildman–Crippen LogP) is 1.82. The number of hydrogen-bond acceptors (Lipinski definition) is 9. The molecule has 0 spiro atoms. The van der Waals surface area contributed by atoms with Gasteiger partial charge >= 0.3 is 0 Å². The van der Waals surface area contributed by atoms with Crippen LogP contribution in [0.2, 0.25) is 0 Å². The minimum atomic E-state index is 0.254. The lowest BCUT2D eigenvalue weighted by molar-refractivity contribution is -0.127. The van der Waals surface area contributed by atoms with Gasteiger partial charge in [0.2, 0.25) is 11.9 Å². The van der Waals surface area contributed by atoms with E-state index < -0.39 is 0 Å². The fourth-order valence-corrected chi connectivity index (χ4v) is 4.24. The Morgan fingerprint density at radius 1 is 1.00 bits per heavy atom. The predicted molar refractivity (Wildman–Crippen MR) is 127 cm³/mol. The van der Waals surface area contributed by atoms with Crippen molar-refractivity contribution in [1.29, 1.82) is 0 Å². The summed E-state index contributed by atoms with van der Waals surface area (Å²) in [6.07, 6.45) is 2.48. The molecule has 0 atom stereocenters. The van der Waals surface area contributed by atoms with E-state index in [0.29, 0.717) is 30.4 Å². The highest BCUT2D eigenvalue weighted by Gasteiger charge is 2.19. The van der Waals surface area contributed by atoms with E-state index in [2.05, 4.69) is 15.5 Å². The van der Waals surface area contributed by atoms with Gasteiger partial charge in [-0.15, -0.1) is 0 Å². The first-order chi connectivity index (χ1) is 16.2. The van der Waals surface area contributed by atoms with Gasteiger partial charge < -0.3 is 29.7 Å². The average Bonchev–Trinajstić information content (AvgIpc) is 3.26. The zero-order chi connectivity index (χ0) is 23.0. The third-order valence-electron chi connectivity index (χ3n) is 6.08. The minimum absolute atomic E-state index is 0.254. The molecule has 2 N–H and O–H groups in total. The molecule has 4 rings (SSSR count). The number of morpholine rings is 1. The lowest BCUT2D eigenvalue weighted by atomic mass is 10.2. The molecule has 0 radical (unpaired) electrons. The second-order valence-corrected chi connectivity index (χ2v) is 8.27. The molecule has 1 amide bonds. The zero-order valence-corrected chi connectivity index (χ0v) is 19.6. The summed E-state index contributed by atoms with van der Waals surface area (Å²) in [4.78, 5) is 25.5. The highest BCUT2D eigenvalue weighted by Crippen LogP contribution is 2.34. The maximum absolute atomic E-state index is 11.8. The van der Waals surface area contributed by atoms with Gasteiger partial charge in [0, 0.05) is 63.7 Å². The van der Waals surface area contributed by atoms with E-state index in [-0.39, 0.29) is 5.91 Å². The number of aromatic nitrogens is 2. The molecule has 0 saturated carbocycles. The Morgan fingerprint density at radius 2 is 1.79 bits per heavy atom. The van der Waals surface area contributed by atoms with Crippen LogP contribution in [0.1, 0.15) is 19.3 Å². The molecular weight excluding hydrogens is 424 g/mol. The van der Waals surface area contributed by atoms with Crippen LogP contribution >= 0.6 is 0 Å². The molecule has 1 aromatic carbocycles. The molecule has 10 nitrogen and oxygen atoms in total. The van der Waals surface area contributed by atoms with Crippen molar-refractivity contribution >= 4 is 28.6 Å². The van der Waals surface area contributed by atoms with Gasteiger partial charge in [-0.05, 0) is 18.9 Å². The van der Waals surface area contributed by atoms with Gasteiger partial charge in [-0.3, -0.25) is 9.69 Å². The van der Waals surface area contributed by atoms with Crippen molar-refractivity contribution in [2.24, 2.45) is 0 Å². The maximum Gasteiger partial charge on any atom is 0.225 e. The number of ether oxygens (including phenoxy) is 3. The lowest BCUT2D eigenvalue weighted by Crippen LogP contribution is -2.39. The number of amides is 1. The van der Waals surface area contributed by atoms with Crippen molar-refractivity contribution in [3.8, 4) is 11.5 Å². The van der Waals surface area contributed by atoms with Gasteiger partial charge in [0.1, 0.15) is 5.82 Å². The summed E-state index contributed by atoms with van der Waals surface area (Å²) in [7, 11) is 3.24. The molecule has 180 valence electrons. The average molecular weight is 459 g/mol. The van der Waals surface area contributed by atoms with E-state index in [1.54, 1.807) is 14.2 Å². The van der Waals surface area contributed by atoms with Gasteiger partial charge in [0.15, 0.2) is 11.5 Å². The molecule has 2 fully saturated rings. The van der Waals surface area contributed by atoms with Crippen molar-refractivity contribution in [2.45, 2.75) is 19.3 Å². The summed E-state index contributed by atoms with van der Waals surface area (Å²) < 4.78 is 16.4. The SMILES string of the molecule is COc1cc2nc(NCCCN3CCCC3=O)nc(NCCN3CCOCC3)c2cc1OC. The van der Waals surface area contributed by atoms with Crippen molar-refractivity contribution in [1.82, 2.24) is 19.8 Å². The van der Waals surface area contributed by atoms with E-state index in [9.17, 15) is 4.79 Å². The summed E-state index contributed by atoms with van der Waals surface area (Å²) in [5, 5.41) is 7.68. The quantitative estimate of drug-likeness (QED) is 0.488. The second kappa shape index (κ2) is 11.3. The first-order valence-corrected chi connectivity index (χ1v) is 11.7. The van der Waals surface area contributed by atoms with E-state index >= 15 is 0 Å². The van der Waals surface area contributed by atoms with Crippen molar-refractivity contribution < 1.29 is 19.0 Å². The van der Waals surface area contributed by atoms with E-state index in [4.69, 9.17) is 24.2 Å². The first-order valence-electron chi connectivity index (χ1n) is 11.7. The molecule has 10 heteroatoms. The number of rotatable bonds is 11. The van der Waals surface area contributed by atoms with Gasteiger partial charge in [-0.1, -0.05) is 0 Å². The number of carbonyl (C=O) groups excluding carboxylic acids is 1. The van der Waals surface area contributed by atoms with Gasteiger partial charge in [-0.25, -0.2) is 4.98 Å². The largest absolute Gasteiger partial charge is 0.493 e. The first kappa shape index (κ1) is 23.3. The Labute approximate surface area is 194 Å². The minimum Gasteiger partial charge on any atom is -0.493 e. The number of benzene rings is 1. The fourth-order valence-electron chi connectivity index (χ4n) is 4.24. The number of anilines is 2. The number of nitrogens with zero attached hydrogens (tertiary/aromatic N) is 4. The van der Waals surface area contributed by atoms with Crippen LogP contribution in [0.4, 0.5) is 11.8 Å². The Hall–Kier alpha value is -2.85. The molecule has 0 unspecified atom stereocenters. The molecule has 3 heterocycles. The third-order valence-corrected chi connectivity index (χ3v) is 6.08. The molecule has 0 aliphatic carbocycles. The van der Waals surface area contributed by atoms with Gasteiger partial charge in [0.05, 0.1) is 33.0 Å². The summed E-state index contributed by atoms with van der Waals surface area (Å²) in [5.74, 6) is 2.83. The van der Waals surface area contributed by atoms with Crippen LogP contribution in [0.5, 0.6) is 11.5 Å². The normalized spacial score (nSPS) is 16.9. The van der Waals surface area contributed by atoms with Crippen LogP contribution < -0.4 is 20.1 Å². The fraction of sp³-hybridized carbons (Fsp3) is 0.609. The highest BCUT2D eigenvalue weighted by molar-refractivity contribution is 5.92. The summed E-state index contributed by atoms with van der Waals surface area (Å²) in [6.45, 7) is 7.45. The van der Waals surface area contributed by atoms with E-state index in [1.165, 1.54) is 0 Å². The molecule has 1 aromatic heterocycles. The third kappa shape index (κ3) is 5.94. The molecule has 2 aromatic rings. The molecule has 33 heavy (non-hydrogen) atoms. The molecule has 2 aliphatic heterocycles.